The second kappa shape index (κ2) is 9.03. The van der Waals surface area contributed by atoms with Gasteiger partial charge in [0, 0.05) is 22.8 Å². The van der Waals surface area contributed by atoms with Crippen LogP contribution in [0.2, 0.25) is 15.1 Å². The fourth-order valence-electron chi connectivity index (χ4n) is 2.15. The molecule has 5 nitrogen and oxygen atoms in total. The van der Waals surface area contributed by atoms with E-state index in [4.69, 9.17) is 34.8 Å². The van der Waals surface area contributed by atoms with Crippen molar-refractivity contribution in [2.45, 2.75) is 13.3 Å². The SMILES string of the molecule is CC(=O)[C@H](CC(=O)Nc1ccc(Cl)c(Cl)c1)C(=O)Nc1ccc(Cl)cc1. The average molecular weight is 414 g/mol. The molecule has 2 amide bonds. The highest BCUT2D eigenvalue weighted by Crippen LogP contribution is 2.25. The molecule has 0 aromatic heterocycles. The van der Waals surface area contributed by atoms with E-state index in [2.05, 4.69) is 10.6 Å². The molecule has 0 aliphatic carbocycles. The molecule has 8 heteroatoms. The van der Waals surface area contributed by atoms with E-state index in [0.29, 0.717) is 21.4 Å². The van der Waals surface area contributed by atoms with Crippen LogP contribution in [0.4, 0.5) is 11.4 Å². The topological polar surface area (TPSA) is 75.3 Å². The van der Waals surface area contributed by atoms with Gasteiger partial charge in [-0.15, -0.1) is 0 Å². The number of amides is 2. The largest absolute Gasteiger partial charge is 0.326 e. The van der Waals surface area contributed by atoms with Crippen molar-refractivity contribution in [2.75, 3.05) is 10.6 Å². The Balaban J connectivity index is 2.03. The molecular weight excluding hydrogens is 399 g/mol. The number of halogens is 3. The van der Waals surface area contributed by atoms with E-state index >= 15 is 0 Å². The lowest BCUT2D eigenvalue weighted by molar-refractivity contribution is -0.133. The van der Waals surface area contributed by atoms with Gasteiger partial charge in [0.25, 0.3) is 0 Å². The molecule has 0 unspecified atom stereocenters. The summed E-state index contributed by atoms with van der Waals surface area (Å²) in [5.41, 5.74) is 0.903. The van der Waals surface area contributed by atoms with E-state index in [1.807, 2.05) is 0 Å². The summed E-state index contributed by atoms with van der Waals surface area (Å²) < 4.78 is 0. The highest BCUT2D eigenvalue weighted by atomic mass is 35.5. The Labute approximate surface area is 165 Å². The maximum Gasteiger partial charge on any atom is 0.235 e. The molecule has 0 spiro atoms. The Morgan fingerprint density at radius 1 is 0.885 bits per heavy atom. The number of hydrogen-bond acceptors (Lipinski definition) is 3. The van der Waals surface area contributed by atoms with Crippen LogP contribution in [0.25, 0.3) is 0 Å². The number of anilines is 2. The minimum absolute atomic E-state index is 0.285. The van der Waals surface area contributed by atoms with Crippen molar-refractivity contribution < 1.29 is 14.4 Å². The second-order valence-electron chi connectivity index (χ2n) is 5.54. The lowest BCUT2D eigenvalue weighted by atomic mass is 9.99. The van der Waals surface area contributed by atoms with E-state index in [9.17, 15) is 14.4 Å². The minimum atomic E-state index is -1.12. The number of ketones is 1. The van der Waals surface area contributed by atoms with Crippen molar-refractivity contribution in [1.82, 2.24) is 0 Å². The van der Waals surface area contributed by atoms with Crippen LogP contribution in [0.5, 0.6) is 0 Å². The molecule has 0 saturated carbocycles. The molecule has 2 N–H and O–H groups in total. The lowest BCUT2D eigenvalue weighted by Gasteiger charge is -2.14. The summed E-state index contributed by atoms with van der Waals surface area (Å²) in [5, 5.41) is 6.35. The molecule has 0 radical (unpaired) electrons. The number of nitrogens with one attached hydrogen (secondary N) is 2. The van der Waals surface area contributed by atoms with E-state index in [-0.39, 0.29) is 11.4 Å². The van der Waals surface area contributed by atoms with Crippen LogP contribution >= 0.6 is 34.8 Å². The molecule has 0 aliphatic rings. The summed E-state index contributed by atoms with van der Waals surface area (Å²) in [6.45, 7) is 1.26. The fraction of sp³-hybridized carbons (Fsp3) is 0.167. The summed E-state index contributed by atoms with van der Waals surface area (Å²) in [4.78, 5) is 36.3. The Morgan fingerprint density at radius 2 is 1.50 bits per heavy atom. The first-order valence-electron chi connectivity index (χ1n) is 7.58. The molecule has 0 aliphatic heterocycles. The standard InChI is InChI=1S/C18H15Cl3N2O3/c1-10(24)14(18(26)23-12-4-2-11(19)3-5-12)9-17(25)22-13-6-7-15(20)16(21)8-13/h2-8,14H,9H2,1H3,(H,22,25)(H,23,26)/t14-/m0/s1. The second-order valence-corrected chi connectivity index (χ2v) is 6.79. The van der Waals surface area contributed by atoms with Gasteiger partial charge in [-0.1, -0.05) is 34.8 Å². The van der Waals surface area contributed by atoms with E-state index in [0.717, 1.165) is 0 Å². The summed E-state index contributed by atoms with van der Waals surface area (Å²) in [6, 6.07) is 11.0. The Kier molecular flexibility index (Phi) is 7.03. The molecule has 136 valence electrons. The van der Waals surface area contributed by atoms with Gasteiger partial charge in [0.15, 0.2) is 0 Å². The number of carbonyl (C=O) groups excluding carboxylic acids is 3. The Bertz CT molecular complexity index is 838. The monoisotopic (exact) mass is 412 g/mol. The van der Waals surface area contributed by atoms with Crippen LogP contribution in [-0.2, 0) is 14.4 Å². The van der Waals surface area contributed by atoms with Gasteiger partial charge in [0.05, 0.1) is 10.0 Å². The van der Waals surface area contributed by atoms with Crippen LogP contribution in [0.3, 0.4) is 0 Å². The first kappa shape index (κ1) is 20.2. The van der Waals surface area contributed by atoms with Crippen molar-refractivity contribution in [3.05, 3.63) is 57.5 Å². The van der Waals surface area contributed by atoms with Crippen molar-refractivity contribution in [2.24, 2.45) is 5.92 Å². The molecular formula is C18H15Cl3N2O3. The predicted molar refractivity (Wildman–Crippen MR) is 104 cm³/mol. The number of rotatable bonds is 6. The molecule has 0 heterocycles. The molecule has 0 fully saturated rings. The number of hydrogen-bond donors (Lipinski definition) is 2. The van der Waals surface area contributed by atoms with Crippen molar-refractivity contribution in [1.29, 1.82) is 0 Å². The summed E-state index contributed by atoms with van der Waals surface area (Å²) in [7, 11) is 0. The third-order valence-corrected chi connectivity index (χ3v) is 4.50. The minimum Gasteiger partial charge on any atom is -0.326 e. The molecule has 26 heavy (non-hydrogen) atoms. The zero-order chi connectivity index (χ0) is 19.3. The maximum absolute atomic E-state index is 12.3. The van der Waals surface area contributed by atoms with Crippen LogP contribution in [0, 0.1) is 5.92 Å². The normalized spacial score (nSPS) is 11.5. The molecule has 0 saturated heterocycles. The average Bonchev–Trinajstić information content (AvgIpc) is 2.57. The quantitative estimate of drug-likeness (QED) is 0.667. The fourth-order valence-corrected chi connectivity index (χ4v) is 2.58. The number of carbonyl (C=O) groups is 3. The number of Topliss-reactive ketones (excluding diaryl/α,β-unsaturated/α-hetero) is 1. The summed E-state index contributed by atoms with van der Waals surface area (Å²) in [5.74, 6) is -2.59. The zero-order valence-corrected chi connectivity index (χ0v) is 16.0. The van der Waals surface area contributed by atoms with Gasteiger partial charge in [-0.3, -0.25) is 14.4 Å². The van der Waals surface area contributed by atoms with Gasteiger partial charge in [0.1, 0.15) is 11.7 Å². The Morgan fingerprint density at radius 3 is 2.08 bits per heavy atom. The first-order chi connectivity index (χ1) is 12.3. The molecule has 0 bridgehead atoms. The van der Waals surface area contributed by atoms with Crippen LogP contribution in [0.1, 0.15) is 13.3 Å². The van der Waals surface area contributed by atoms with Gasteiger partial charge in [-0.25, -0.2) is 0 Å². The van der Waals surface area contributed by atoms with Crippen molar-refractivity contribution in [3.8, 4) is 0 Å². The van der Waals surface area contributed by atoms with Crippen LogP contribution < -0.4 is 10.6 Å². The summed E-state index contributed by atoms with van der Waals surface area (Å²) in [6.07, 6.45) is -0.297. The Hall–Kier alpha value is -2.08. The van der Waals surface area contributed by atoms with Gasteiger partial charge in [0.2, 0.25) is 11.8 Å². The van der Waals surface area contributed by atoms with E-state index < -0.39 is 23.5 Å². The van der Waals surface area contributed by atoms with Crippen LogP contribution in [-0.4, -0.2) is 17.6 Å². The third kappa shape index (κ3) is 5.73. The molecule has 2 aromatic rings. The van der Waals surface area contributed by atoms with Crippen molar-refractivity contribution in [3.63, 3.8) is 0 Å². The predicted octanol–water partition coefficient (Wildman–Crippen LogP) is 4.82. The molecule has 2 aromatic carbocycles. The van der Waals surface area contributed by atoms with Gasteiger partial charge in [-0.2, -0.15) is 0 Å². The first-order valence-corrected chi connectivity index (χ1v) is 8.71. The summed E-state index contributed by atoms with van der Waals surface area (Å²) >= 11 is 17.5. The number of benzene rings is 2. The lowest BCUT2D eigenvalue weighted by Crippen LogP contribution is -2.32. The van der Waals surface area contributed by atoms with E-state index in [1.54, 1.807) is 30.3 Å². The highest BCUT2D eigenvalue weighted by Gasteiger charge is 2.26. The zero-order valence-electron chi connectivity index (χ0n) is 13.7. The van der Waals surface area contributed by atoms with Crippen molar-refractivity contribution >= 4 is 63.8 Å². The van der Waals surface area contributed by atoms with Gasteiger partial charge < -0.3 is 10.6 Å². The molecule has 2 rings (SSSR count). The van der Waals surface area contributed by atoms with E-state index in [1.165, 1.54) is 19.1 Å². The van der Waals surface area contributed by atoms with Crippen LogP contribution in [0.15, 0.2) is 42.5 Å². The van der Waals surface area contributed by atoms with Gasteiger partial charge in [-0.05, 0) is 49.4 Å². The maximum atomic E-state index is 12.3. The van der Waals surface area contributed by atoms with Gasteiger partial charge >= 0.3 is 0 Å². The smallest absolute Gasteiger partial charge is 0.235 e. The third-order valence-electron chi connectivity index (χ3n) is 3.51. The highest BCUT2D eigenvalue weighted by molar-refractivity contribution is 6.42. The molecule has 1 atom stereocenters.